The minimum atomic E-state index is -0.0952. The van der Waals surface area contributed by atoms with Crippen molar-refractivity contribution in [2.75, 3.05) is 6.61 Å². The molecule has 1 amide bonds. The number of aromatic nitrogens is 1. The second-order valence-corrected chi connectivity index (χ2v) is 6.91. The van der Waals surface area contributed by atoms with E-state index in [0.29, 0.717) is 24.0 Å². The molecule has 6 heteroatoms. The van der Waals surface area contributed by atoms with Crippen molar-refractivity contribution in [1.29, 1.82) is 0 Å². The first-order valence-corrected chi connectivity index (χ1v) is 9.47. The molecule has 2 heterocycles. The van der Waals surface area contributed by atoms with Gasteiger partial charge >= 0.3 is 0 Å². The van der Waals surface area contributed by atoms with E-state index in [1.807, 2.05) is 62.5 Å². The van der Waals surface area contributed by atoms with E-state index in [-0.39, 0.29) is 18.4 Å². The summed E-state index contributed by atoms with van der Waals surface area (Å²) in [4.78, 5) is 17.8. The number of oxazole rings is 1. The van der Waals surface area contributed by atoms with Crippen molar-refractivity contribution < 1.29 is 13.9 Å². The summed E-state index contributed by atoms with van der Waals surface area (Å²) < 4.78 is 11.1. The summed E-state index contributed by atoms with van der Waals surface area (Å²) in [7, 11) is 0. The molecule has 3 aromatic rings. The molecule has 0 saturated carbocycles. The van der Waals surface area contributed by atoms with Crippen molar-refractivity contribution in [2.24, 2.45) is 0 Å². The van der Waals surface area contributed by atoms with Gasteiger partial charge in [-0.3, -0.25) is 4.79 Å². The SMILES string of the molecule is CCOc1ccc(C(C)NC(=O)Cc2nc(-c3cccs3)oc2C)cc1. The molecule has 5 nitrogen and oxygen atoms in total. The third-order valence-corrected chi connectivity index (χ3v) is 4.88. The minimum absolute atomic E-state index is 0.0829. The number of nitrogens with one attached hydrogen (secondary N) is 1. The first-order chi connectivity index (χ1) is 12.6. The molecule has 1 atom stereocenters. The van der Waals surface area contributed by atoms with Crippen LogP contribution in [0.3, 0.4) is 0 Å². The third-order valence-electron chi connectivity index (χ3n) is 4.02. The number of rotatable bonds is 7. The fraction of sp³-hybridized carbons (Fsp3) is 0.300. The Morgan fingerprint density at radius 3 is 2.73 bits per heavy atom. The standard InChI is InChI=1S/C20H22N2O3S/c1-4-24-16-9-7-15(8-10-16)13(2)21-19(23)12-17-14(3)25-20(22-17)18-6-5-11-26-18/h5-11,13H,4,12H2,1-3H3,(H,21,23). The van der Waals surface area contributed by atoms with Crippen molar-refractivity contribution in [3.8, 4) is 16.5 Å². The van der Waals surface area contributed by atoms with E-state index in [9.17, 15) is 4.79 Å². The molecule has 3 rings (SSSR count). The van der Waals surface area contributed by atoms with E-state index in [4.69, 9.17) is 9.15 Å². The normalized spacial score (nSPS) is 12.0. The molecule has 136 valence electrons. The first-order valence-electron chi connectivity index (χ1n) is 8.59. The molecular weight excluding hydrogens is 348 g/mol. The Morgan fingerprint density at radius 1 is 1.31 bits per heavy atom. The zero-order chi connectivity index (χ0) is 18.5. The van der Waals surface area contributed by atoms with Gasteiger partial charge in [-0.15, -0.1) is 11.3 Å². The monoisotopic (exact) mass is 370 g/mol. The largest absolute Gasteiger partial charge is 0.494 e. The van der Waals surface area contributed by atoms with Gasteiger partial charge < -0.3 is 14.5 Å². The van der Waals surface area contributed by atoms with Crippen LogP contribution in [0.4, 0.5) is 0 Å². The Kier molecular flexibility index (Phi) is 5.73. The number of aryl methyl sites for hydroxylation is 1. The minimum Gasteiger partial charge on any atom is -0.494 e. The van der Waals surface area contributed by atoms with Crippen LogP contribution in [0.2, 0.25) is 0 Å². The molecule has 0 bridgehead atoms. The molecule has 0 aliphatic carbocycles. The molecule has 1 aromatic carbocycles. The molecular formula is C20H22N2O3S. The van der Waals surface area contributed by atoms with E-state index >= 15 is 0 Å². The van der Waals surface area contributed by atoms with Gasteiger partial charge in [0.15, 0.2) is 0 Å². The molecule has 2 aromatic heterocycles. The molecule has 1 N–H and O–H groups in total. The summed E-state index contributed by atoms with van der Waals surface area (Å²) in [5, 5.41) is 4.98. The van der Waals surface area contributed by atoms with Crippen LogP contribution in [0.5, 0.6) is 5.75 Å². The third kappa shape index (κ3) is 4.32. The van der Waals surface area contributed by atoms with E-state index < -0.39 is 0 Å². The number of ether oxygens (including phenoxy) is 1. The Hall–Kier alpha value is -2.60. The summed E-state index contributed by atoms with van der Waals surface area (Å²) >= 11 is 1.56. The summed E-state index contributed by atoms with van der Waals surface area (Å²) in [6.45, 7) is 6.38. The van der Waals surface area contributed by atoms with Crippen molar-refractivity contribution in [3.05, 3.63) is 58.8 Å². The molecule has 0 spiro atoms. The number of benzene rings is 1. The predicted octanol–water partition coefficient (Wildman–Crippen LogP) is 4.53. The van der Waals surface area contributed by atoms with Crippen molar-refractivity contribution in [2.45, 2.75) is 33.2 Å². The average molecular weight is 370 g/mol. The van der Waals surface area contributed by atoms with Gasteiger partial charge in [0.1, 0.15) is 11.5 Å². The maximum absolute atomic E-state index is 12.4. The highest BCUT2D eigenvalue weighted by atomic mass is 32.1. The van der Waals surface area contributed by atoms with E-state index in [1.165, 1.54) is 0 Å². The maximum atomic E-state index is 12.4. The molecule has 0 saturated heterocycles. The van der Waals surface area contributed by atoms with E-state index in [1.54, 1.807) is 11.3 Å². The Labute approximate surface area is 157 Å². The number of carbonyl (C=O) groups excluding carboxylic acids is 1. The Balaban J connectivity index is 1.61. The molecule has 1 unspecified atom stereocenters. The molecule has 0 aliphatic rings. The van der Waals surface area contributed by atoms with Gasteiger partial charge in [-0.25, -0.2) is 4.98 Å². The zero-order valence-corrected chi connectivity index (χ0v) is 15.9. The number of nitrogens with zero attached hydrogens (tertiary/aromatic N) is 1. The average Bonchev–Trinajstić information content (AvgIpc) is 3.26. The summed E-state index contributed by atoms with van der Waals surface area (Å²) in [6, 6.07) is 11.6. The van der Waals surface area contributed by atoms with E-state index in [0.717, 1.165) is 16.2 Å². The molecule has 0 aliphatic heterocycles. The van der Waals surface area contributed by atoms with Gasteiger partial charge in [-0.05, 0) is 49.9 Å². The Morgan fingerprint density at radius 2 is 2.08 bits per heavy atom. The van der Waals surface area contributed by atoms with Crippen molar-refractivity contribution in [3.63, 3.8) is 0 Å². The van der Waals surface area contributed by atoms with Crippen LogP contribution in [-0.2, 0) is 11.2 Å². The smallest absolute Gasteiger partial charge is 0.236 e. The highest BCUT2D eigenvalue weighted by Gasteiger charge is 2.17. The highest BCUT2D eigenvalue weighted by molar-refractivity contribution is 7.13. The maximum Gasteiger partial charge on any atom is 0.236 e. The number of thiophene rings is 1. The zero-order valence-electron chi connectivity index (χ0n) is 15.1. The topological polar surface area (TPSA) is 64.4 Å². The fourth-order valence-corrected chi connectivity index (χ4v) is 3.29. The van der Waals surface area contributed by atoms with Crippen LogP contribution in [0, 0.1) is 6.92 Å². The van der Waals surface area contributed by atoms with Crippen LogP contribution in [0.25, 0.3) is 10.8 Å². The fourth-order valence-electron chi connectivity index (χ4n) is 2.65. The van der Waals surface area contributed by atoms with Gasteiger partial charge in [-0.2, -0.15) is 0 Å². The highest BCUT2D eigenvalue weighted by Crippen LogP contribution is 2.26. The number of amides is 1. The lowest BCUT2D eigenvalue weighted by Crippen LogP contribution is -2.28. The van der Waals surface area contributed by atoms with Gasteiger partial charge in [0.2, 0.25) is 11.8 Å². The van der Waals surface area contributed by atoms with E-state index in [2.05, 4.69) is 10.3 Å². The summed E-state index contributed by atoms with van der Waals surface area (Å²) in [5.74, 6) is 1.99. The lowest BCUT2D eigenvalue weighted by molar-refractivity contribution is -0.121. The molecule has 0 radical (unpaired) electrons. The van der Waals surface area contributed by atoms with Crippen LogP contribution < -0.4 is 10.1 Å². The number of hydrogen-bond acceptors (Lipinski definition) is 5. The molecule has 26 heavy (non-hydrogen) atoms. The lowest BCUT2D eigenvalue weighted by atomic mass is 10.1. The van der Waals surface area contributed by atoms with Gasteiger partial charge in [0.25, 0.3) is 0 Å². The van der Waals surface area contributed by atoms with Crippen molar-refractivity contribution >= 4 is 17.2 Å². The van der Waals surface area contributed by atoms with Crippen LogP contribution in [-0.4, -0.2) is 17.5 Å². The van der Waals surface area contributed by atoms with Gasteiger partial charge in [0, 0.05) is 0 Å². The lowest BCUT2D eigenvalue weighted by Gasteiger charge is -2.14. The van der Waals surface area contributed by atoms with Gasteiger partial charge in [0.05, 0.1) is 29.6 Å². The summed E-state index contributed by atoms with van der Waals surface area (Å²) in [6.07, 6.45) is 0.197. The summed E-state index contributed by atoms with van der Waals surface area (Å²) in [5.41, 5.74) is 1.70. The second-order valence-electron chi connectivity index (χ2n) is 5.97. The number of carbonyl (C=O) groups is 1. The van der Waals surface area contributed by atoms with Gasteiger partial charge in [-0.1, -0.05) is 18.2 Å². The Bertz CT molecular complexity index is 854. The second kappa shape index (κ2) is 8.19. The quantitative estimate of drug-likeness (QED) is 0.664. The van der Waals surface area contributed by atoms with Crippen LogP contribution >= 0.6 is 11.3 Å². The van der Waals surface area contributed by atoms with Crippen molar-refractivity contribution in [1.82, 2.24) is 10.3 Å². The van der Waals surface area contributed by atoms with Crippen LogP contribution in [0.15, 0.2) is 46.2 Å². The predicted molar refractivity (Wildman–Crippen MR) is 102 cm³/mol. The number of hydrogen-bond donors (Lipinski definition) is 1. The van der Waals surface area contributed by atoms with Crippen LogP contribution in [0.1, 0.15) is 36.9 Å². The first kappa shape index (κ1) is 18.2. The molecule has 0 fully saturated rings.